The van der Waals surface area contributed by atoms with Crippen molar-refractivity contribution in [1.82, 2.24) is 5.32 Å². The van der Waals surface area contributed by atoms with E-state index in [4.69, 9.17) is 15.8 Å². The van der Waals surface area contributed by atoms with Gasteiger partial charge in [0.15, 0.2) is 0 Å². The number of hydrogen-bond donors (Lipinski definition) is 5. The molecule has 1 saturated heterocycles. The number of carbonyl (C=O) groups is 2. The molecule has 2 aliphatic rings. The van der Waals surface area contributed by atoms with E-state index < -0.39 is 24.7 Å². The molecule has 8 heteroatoms. The maximum Gasteiger partial charge on any atom is 0.451 e. The second kappa shape index (κ2) is 9.70. The Kier molecular flexibility index (Phi) is 8.08. The monoisotopic (exact) mass is 396 g/mol. The first-order valence-electron chi connectivity index (χ1n) is 10.7. The summed E-state index contributed by atoms with van der Waals surface area (Å²) in [5, 5.41) is 31.7. The number of nitrogens with two attached hydrogens (primary N) is 1. The number of carboxylic acid groups (broad SMARTS) is 1. The predicted octanol–water partition coefficient (Wildman–Crippen LogP) is 1.57. The van der Waals surface area contributed by atoms with Gasteiger partial charge in [-0.05, 0) is 69.6 Å². The zero-order valence-electron chi connectivity index (χ0n) is 17.3. The van der Waals surface area contributed by atoms with E-state index in [-0.39, 0.29) is 23.4 Å². The van der Waals surface area contributed by atoms with Crippen molar-refractivity contribution < 1.29 is 24.7 Å². The van der Waals surface area contributed by atoms with E-state index in [0.717, 1.165) is 19.3 Å². The Balaban J connectivity index is 2.00. The maximum absolute atomic E-state index is 12.3. The summed E-state index contributed by atoms with van der Waals surface area (Å²) in [6.45, 7) is 4.76. The summed E-state index contributed by atoms with van der Waals surface area (Å²) in [6.07, 6.45) is 6.35. The van der Waals surface area contributed by atoms with E-state index in [1.54, 1.807) is 0 Å². The third-order valence-corrected chi connectivity index (χ3v) is 6.98. The molecule has 0 amide bonds. The van der Waals surface area contributed by atoms with Crippen LogP contribution >= 0.6 is 0 Å². The lowest BCUT2D eigenvalue weighted by molar-refractivity contribution is -0.153. The molecule has 4 atom stereocenters. The van der Waals surface area contributed by atoms with E-state index in [1.807, 2.05) is 13.8 Å². The third-order valence-electron chi connectivity index (χ3n) is 6.98. The molecule has 1 heterocycles. The first-order valence-corrected chi connectivity index (χ1v) is 10.7. The highest BCUT2D eigenvalue weighted by Crippen LogP contribution is 2.55. The number of rotatable bonds is 11. The van der Waals surface area contributed by atoms with Gasteiger partial charge in [-0.1, -0.05) is 20.3 Å². The molecule has 0 aromatic rings. The highest BCUT2D eigenvalue weighted by molar-refractivity contribution is 6.40. The maximum atomic E-state index is 12.3. The molecule has 7 nitrogen and oxygen atoms in total. The SMILES string of the molecule is CC(C)CC(N)C(=O)CCC1CCC2(CCCB(O)O)CCNC2(C(=O)O)C1. The first-order chi connectivity index (χ1) is 13.1. The van der Waals surface area contributed by atoms with Crippen LogP contribution in [0.25, 0.3) is 0 Å². The summed E-state index contributed by atoms with van der Waals surface area (Å²) in [6, 6.07) is -0.425. The van der Waals surface area contributed by atoms with Crippen molar-refractivity contribution in [1.29, 1.82) is 0 Å². The summed E-state index contributed by atoms with van der Waals surface area (Å²) in [5.74, 6) is -0.175. The van der Waals surface area contributed by atoms with Crippen molar-refractivity contribution in [2.75, 3.05) is 6.54 Å². The number of carbonyl (C=O) groups excluding carboxylic acids is 1. The van der Waals surface area contributed by atoms with Gasteiger partial charge in [0.25, 0.3) is 0 Å². The number of fused-ring (bicyclic) bond motifs is 1. The smallest absolute Gasteiger partial charge is 0.451 e. The van der Waals surface area contributed by atoms with Crippen LogP contribution in [0.15, 0.2) is 0 Å². The number of ketones is 1. The van der Waals surface area contributed by atoms with Crippen molar-refractivity contribution in [3.05, 3.63) is 0 Å². The fraction of sp³-hybridized carbons (Fsp3) is 0.900. The fourth-order valence-corrected chi connectivity index (χ4v) is 5.45. The first kappa shape index (κ1) is 23.3. The number of Topliss-reactive ketones (excluding diaryl/α,β-unsaturated/α-hetero) is 1. The predicted molar refractivity (Wildman–Crippen MR) is 109 cm³/mol. The zero-order valence-corrected chi connectivity index (χ0v) is 17.3. The second-order valence-corrected chi connectivity index (χ2v) is 9.39. The van der Waals surface area contributed by atoms with Crippen LogP contribution < -0.4 is 11.1 Å². The van der Waals surface area contributed by atoms with Crippen molar-refractivity contribution in [3.63, 3.8) is 0 Å². The Morgan fingerprint density at radius 1 is 1.29 bits per heavy atom. The Morgan fingerprint density at radius 2 is 2.00 bits per heavy atom. The van der Waals surface area contributed by atoms with Gasteiger partial charge in [0.05, 0.1) is 6.04 Å². The largest absolute Gasteiger partial charge is 0.480 e. The van der Waals surface area contributed by atoms with Gasteiger partial charge in [-0.3, -0.25) is 9.59 Å². The molecule has 0 spiro atoms. The molecule has 4 unspecified atom stereocenters. The van der Waals surface area contributed by atoms with Gasteiger partial charge in [0, 0.05) is 11.8 Å². The van der Waals surface area contributed by atoms with Crippen molar-refractivity contribution >= 4 is 18.9 Å². The Labute approximate surface area is 168 Å². The van der Waals surface area contributed by atoms with Crippen LogP contribution in [0.1, 0.15) is 71.6 Å². The van der Waals surface area contributed by atoms with Gasteiger partial charge in [-0.25, -0.2) is 0 Å². The van der Waals surface area contributed by atoms with Crippen LogP contribution in [0.2, 0.25) is 6.32 Å². The summed E-state index contributed by atoms with van der Waals surface area (Å²) in [4.78, 5) is 24.7. The lowest BCUT2D eigenvalue weighted by Crippen LogP contribution is -2.61. The fourth-order valence-electron chi connectivity index (χ4n) is 5.45. The van der Waals surface area contributed by atoms with Crippen molar-refractivity contribution in [2.24, 2.45) is 23.0 Å². The molecule has 2 rings (SSSR count). The van der Waals surface area contributed by atoms with Crippen LogP contribution in [0, 0.1) is 17.3 Å². The minimum atomic E-state index is -1.35. The van der Waals surface area contributed by atoms with E-state index in [9.17, 15) is 14.7 Å². The van der Waals surface area contributed by atoms with Crippen molar-refractivity contribution in [2.45, 2.75) is 89.5 Å². The molecule has 1 saturated carbocycles. The highest BCUT2D eigenvalue weighted by atomic mass is 16.4. The summed E-state index contributed by atoms with van der Waals surface area (Å²) in [5.41, 5.74) is 4.68. The highest BCUT2D eigenvalue weighted by Gasteiger charge is 2.61. The van der Waals surface area contributed by atoms with Gasteiger partial charge < -0.3 is 26.2 Å². The van der Waals surface area contributed by atoms with E-state index in [1.165, 1.54) is 0 Å². The molecule has 28 heavy (non-hydrogen) atoms. The average Bonchev–Trinajstić information content (AvgIpc) is 2.98. The van der Waals surface area contributed by atoms with E-state index >= 15 is 0 Å². The molecular weight excluding hydrogens is 359 g/mol. The zero-order chi connectivity index (χ0) is 20.9. The molecule has 0 radical (unpaired) electrons. The molecule has 160 valence electrons. The lowest BCUT2D eigenvalue weighted by Gasteiger charge is -2.49. The minimum Gasteiger partial charge on any atom is -0.480 e. The molecule has 1 aliphatic carbocycles. The Morgan fingerprint density at radius 3 is 2.61 bits per heavy atom. The van der Waals surface area contributed by atoms with E-state index in [2.05, 4.69) is 5.32 Å². The molecular formula is C20H37BN2O5. The standard InChI is InChI=1S/C20H37BN2O5/c1-14(2)12-16(22)17(24)5-4-15-6-8-19(7-3-10-21(27)28)9-11-23-20(19,13-15)18(25)26/h14-16,23,27-28H,3-13,22H2,1-2H3,(H,25,26). The van der Waals surface area contributed by atoms with E-state index in [0.29, 0.717) is 51.0 Å². The lowest BCUT2D eigenvalue weighted by atomic mass is 9.56. The average molecular weight is 396 g/mol. The molecule has 0 aromatic heterocycles. The summed E-state index contributed by atoms with van der Waals surface area (Å²) in [7, 11) is -1.35. The molecule has 0 bridgehead atoms. The Hall–Kier alpha value is -0.955. The summed E-state index contributed by atoms with van der Waals surface area (Å²) < 4.78 is 0. The van der Waals surface area contributed by atoms with Gasteiger partial charge in [-0.2, -0.15) is 0 Å². The summed E-state index contributed by atoms with van der Waals surface area (Å²) >= 11 is 0. The molecule has 1 aliphatic heterocycles. The van der Waals surface area contributed by atoms with Gasteiger partial charge >= 0.3 is 13.1 Å². The van der Waals surface area contributed by atoms with Crippen LogP contribution in [-0.4, -0.2) is 52.2 Å². The van der Waals surface area contributed by atoms with Crippen molar-refractivity contribution in [3.8, 4) is 0 Å². The van der Waals surface area contributed by atoms with Gasteiger partial charge in [0.2, 0.25) is 0 Å². The normalized spacial score (nSPS) is 30.9. The minimum absolute atomic E-state index is 0.0752. The van der Waals surface area contributed by atoms with Crippen LogP contribution in [0.3, 0.4) is 0 Å². The topological polar surface area (TPSA) is 133 Å². The number of aliphatic carboxylic acids is 1. The molecule has 0 aromatic carbocycles. The number of nitrogens with one attached hydrogen (secondary N) is 1. The number of hydrogen-bond acceptors (Lipinski definition) is 6. The number of carboxylic acids is 1. The van der Waals surface area contributed by atoms with Crippen LogP contribution in [0.5, 0.6) is 0 Å². The molecule has 6 N–H and O–H groups in total. The third kappa shape index (κ3) is 5.15. The quantitative estimate of drug-likeness (QED) is 0.335. The van der Waals surface area contributed by atoms with Crippen LogP contribution in [0.4, 0.5) is 0 Å². The second-order valence-electron chi connectivity index (χ2n) is 9.39. The van der Waals surface area contributed by atoms with Gasteiger partial charge in [-0.15, -0.1) is 0 Å². The van der Waals surface area contributed by atoms with Crippen LogP contribution in [-0.2, 0) is 9.59 Å². The van der Waals surface area contributed by atoms with Gasteiger partial charge in [0.1, 0.15) is 11.3 Å². The molecule has 2 fully saturated rings. The Bertz CT molecular complexity index is 559.